The van der Waals surface area contributed by atoms with Crippen LogP contribution in [0.4, 0.5) is 9.93 Å². The summed E-state index contributed by atoms with van der Waals surface area (Å²) >= 11 is 1.27. The Labute approximate surface area is 131 Å². The van der Waals surface area contributed by atoms with Gasteiger partial charge in [-0.1, -0.05) is 24.7 Å². The number of unbranched alkanes of at least 4 members (excludes halogenated alkanes) is 1. The van der Waals surface area contributed by atoms with Crippen LogP contribution < -0.4 is 14.8 Å². The van der Waals surface area contributed by atoms with Gasteiger partial charge >= 0.3 is 6.09 Å². The highest BCUT2D eigenvalue weighted by Gasteiger charge is 2.16. The van der Waals surface area contributed by atoms with Gasteiger partial charge in [0, 0.05) is 5.56 Å². The summed E-state index contributed by atoms with van der Waals surface area (Å²) in [7, 11) is 0. The van der Waals surface area contributed by atoms with Crippen molar-refractivity contribution in [3.8, 4) is 22.1 Å². The first-order valence-electron chi connectivity index (χ1n) is 6.93. The maximum absolute atomic E-state index is 11.6. The summed E-state index contributed by atoms with van der Waals surface area (Å²) in [5, 5.41) is 11.7. The lowest BCUT2D eigenvalue weighted by Crippen LogP contribution is -2.14. The summed E-state index contributed by atoms with van der Waals surface area (Å²) in [6.07, 6.45) is 1.30. The van der Waals surface area contributed by atoms with Crippen LogP contribution in [0.1, 0.15) is 19.8 Å². The topological polar surface area (TPSA) is 82.6 Å². The number of nitrogens with zero attached hydrogens (tertiary/aromatic N) is 2. The van der Waals surface area contributed by atoms with E-state index in [1.165, 1.54) is 11.3 Å². The van der Waals surface area contributed by atoms with Crippen molar-refractivity contribution in [1.29, 1.82) is 0 Å². The number of amides is 1. The first-order chi connectivity index (χ1) is 10.8. The molecule has 0 fully saturated rings. The van der Waals surface area contributed by atoms with Crippen LogP contribution in [0.15, 0.2) is 18.2 Å². The molecule has 8 heteroatoms. The molecule has 116 valence electrons. The number of benzene rings is 1. The molecule has 2 aromatic rings. The number of anilines is 1. The standard InChI is InChI=1S/C14H15N3O4S/c1-2-3-6-19-14(18)15-13-17-16-12(22-13)9-4-5-10-11(7-9)21-8-20-10/h4-5,7H,2-3,6,8H2,1H3,(H,15,17,18). The van der Waals surface area contributed by atoms with Gasteiger partial charge in [0.2, 0.25) is 11.9 Å². The Kier molecular flexibility index (Phi) is 4.38. The molecule has 2 heterocycles. The van der Waals surface area contributed by atoms with E-state index in [9.17, 15) is 4.79 Å². The molecular formula is C14H15N3O4S. The Morgan fingerprint density at radius 1 is 1.36 bits per heavy atom. The highest BCUT2D eigenvalue weighted by Crippen LogP contribution is 2.37. The van der Waals surface area contributed by atoms with E-state index in [4.69, 9.17) is 14.2 Å². The number of aromatic nitrogens is 2. The van der Waals surface area contributed by atoms with E-state index < -0.39 is 6.09 Å². The molecule has 1 aliphatic rings. The predicted molar refractivity (Wildman–Crippen MR) is 81.3 cm³/mol. The van der Waals surface area contributed by atoms with E-state index in [2.05, 4.69) is 15.5 Å². The van der Waals surface area contributed by atoms with Gasteiger partial charge in [-0.15, -0.1) is 10.2 Å². The van der Waals surface area contributed by atoms with Crippen LogP contribution in [0, 0.1) is 0 Å². The van der Waals surface area contributed by atoms with E-state index in [0.29, 0.717) is 28.2 Å². The zero-order valence-corrected chi connectivity index (χ0v) is 12.8. The van der Waals surface area contributed by atoms with Crippen molar-refractivity contribution in [2.75, 3.05) is 18.7 Å². The number of rotatable bonds is 5. The van der Waals surface area contributed by atoms with Gasteiger partial charge in [-0.25, -0.2) is 4.79 Å². The monoisotopic (exact) mass is 321 g/mol. The minimum absolute atomic E-state index is 0.227. The zero-order valence-electron chi connectivity index (χ0n) is 12.0. The Morgan fingerprint density at radius 2 is 2.23 bits per heavy atom. The van der Waals surface area contributed by atoms with Crippen molar-refractivity contribution in [2.24, 2.45) is 0 Å². The van der Waals surface area contributed by atoms with Crippen molar-refractivity contribution >= 4 is 22.6 Å². The molecule has 1 aromatic carbocycles. The van der Waals surface area contributed by atoms with Crippen molar-refractivity contribution in [3.05, 3.63) is 18.2 Å². The quantitative estimate of drug-likeness (QED) is 0.851. The molecule has 0 unspecified atom stereocenters. The molecular weight excluding hydrogens is 306 g/mol. The first kappa shape index (κ1) is 14.6. The molecule has 1 N–H and O–H groups in total. The second-order valence-corrected chi connectivity index (χ2v) is 5.57. The minimum atomic E-state index is -0.512. The second-order valence-electron chi connectivity index (χ2n) is 4.59. The molecule has 1 amide bonds. The molecule has 0 saturated heterocycles. The van der Waals surface area contributed by atoms with Gasteiger partial charge in [-0.3, -0.25) is 5.32 Å². The number of hydrogen-bond acceptors (Lipinski definition) is 7. The fourth-order valence-corrected chi connectivity index (χ4v) is 2.58. The van der Waals surface area contributed by atoms with Crippen molar-refractivity contribution in [2.45, 2.75) is 19.8 Å². The third kappa shape index (κ3) is 3.28. The SMILES string of the molecule is CCCCOC(=O)Nc1nnc(-c2ccc3c(c2)OCO3)s1. The number of nitrogens with one attached hydrogen (secondary N) is 1. The number of carbonyl (C=O) groups excluding carboxylic acids is 1. The molecule has 0 spiro atoms. The summed E-state index contributed by atoms with van der Waals surface area (Å²) in [6, 6.07) is 5.54. The fraction of sp³-hybridized carbons (Fsp3) is 0.357. The Balaban J connectivity index is 1.65. The van der Waals surface area contributed by atoms with E-state index in [0.717, 1.165) is 18.4 Å². The average molecular weight is 321 g/mol. The van der Waals surface area contributed by atoms with Gasteiger partial charge in [0.1, 0.15) is 5.01 Å². The largest absolute Gasteiger partial charge is 0.454 e. The normalized spacial score (nSPS) is 12.2. The molecule has 22 heavy (non-hydrogen) atoms. The highest BCUT2D eigenvalue weighted by molar-refractivity contribution is 7.18. The molecule has 0 bridgehead atoms. The van der Waals surface area contributed by atoms with Crippen LogP contribution in [0.2, 0.25) is 0 Å². The van der Waals surface area contributed by atoms with Crippen LogP contribution in [-0.2, 0) is 4.74 Å². The highest BCUT2D eigenvalue weighted by atomic mass is 32.1. The van der Waals surface area contributed by atoms with Crippen molar-refractivity contribution < 1.29 is 19.0 Å². The molecule has 1 aromatic heterocycles. The zero-order chi connectivity index (χ0) is 15.4. The molecule has 0 radical (unpaired) electrons. The van der Waals surface area contributed by atoms with E-state index in [-0.39, 0.29) is 6.79 Å². The van der Waals surface area contributed by atoms with Gasteiger partial charge in [-0.05, 0) is 24.6 Å². The minimum Gasteiger partial charge on any atom is -0.454 e. The number of hydrogen-bond donors (Lipinski definition) is 1. The third-order valence-corrected chi connectivity index (χ3v) is 3.87. The van der Waals surface area contributed by atoms with E-state index >= 15 is 0 Å². The average Bonchev–Trinajstić information content (AvgIpc) is 3.15. The lowest BCUT2D eigenvalue weighted by molar-refractivity contribution is 0.160. The number of carbonyl (C=O) groups is 1. The van der Waals surface area contributed by atoms with Gasteiger partial charge in [-0.2, -0.15) is 0 Å². The van der Waals surface area contributed by atoms with E-state index in [1.807, 2.05) is 25.1 Å². The van der Waals surface area contributed by atoms with Crippen LogP contribution in [0.5, 0.6) is 11.5 Å². The summed E-state index contributed by atoms with van der Waals surface area (Å²) < 4.78 is 15.6. The van der Waals surface area contributed by atoms with Gasteiger partial charge in [0.25, 0.3) is 0 Å². The number of fused-ring (bicyclic) bond motifs is 1. The Morgan fingerprint density at radius 3 is 3.09 bits per heavy atom. The maximum Gasteiger partial charge on any atom is 0.413 e. The van der Waals surface area contributed by atoms with Crippen LogP contribution in [0.3, 0.4) is 0 Å². The summed E-state index contributed by atoms with van der Waals surface area (Å²) in [4.78, 5) is 11.6. The lowest BCUT2D eigenvalue weighted by atomic mass is 10.2. The van der Waals surface area contributed by atoms with Crippen molar-refractivity contribution in [1.82, 2.24) is 10.2 Å². The van der Waals surface area contributed by atoms with Gasteiger partial charge in [0.15, 0.2) is 11.5 Å². The third-order valence-electron chi connectivity index (χ3n) is 2.98. The van der Waals surface area contributed by atoms with E-state index in [1.54, 1.807) is 0 Å². The summed E-state index contributed by atoms with van der Waals surface area (Å²) in [5.74, 6) is 1.40. The maximum atomic E-state index is 11.6. The molecule has 0 saturated carbocycles. The molecule has 7 nitrogen and oxygen atoms in total. The fourth-order valence-electron chi connectivity index (χ4n) is 1.85. The molecule has 3 rings (SSSR count). The Hall–Kier alpha value is -2.35. The van der Waals surface area contributed by atoms with Crippen molar-refractivity contribution in [3.63, 3.8) is 0 Å². The van der Waals surface area contributed by atoms with Gasteiger partial charge in [0.05, 0.1) is 6.61 Å². The smallest absolute Gasteiger partial charge is 0.413 e. The second kappa shape index (κ2) is 6.61. The lowest BCUT2D eigenvalue weighted by Gasteiger charge is -2.02. The summed E-state index contributed by atoms with van der Waals surface area (Å²) in [6.45, 7) is 2.66. The van der Waals surface area contributed by atoms with Gasteiger partial charge < -0.3 is 14.2 Å². The first-order valence-corrected chi connectivity index (χ1v) is 7.75. The molecule has 1 aliphatic heterocycles. The molecule has 0 atom stereocenters. The number of ether oxygens (including phenoxy) is 3. The Bertz CT molecular complexity index is 674. The van der Waals surface area contributed by atoms with Crippen LogP contribution >= 0.6 is 11.3 Å². The van der Waals surface area contributed by atoms with Crippen LogP contribution in [-0.4, -0.2) is 29.7 Å². The van der Waals surface area contributed by atoms with Crippen LogP contribution in [0.25, 0.3) is 10.6 Å². The predicted octanol–water partition coefficient (Wildman–Crippen LogP) is 3.28. The summed E-state index contributed by atoms with van der Waals surface area (Å²) in [5.41, 5.74) is 0.856. The molecule has 0 aliphatic carbocycles.